The van der Waals surface area contributed by atoms with Gasteiger partial charge < -0.3 is 18.6 Å². The number of aryl methyl sites for hydroxylation is 21. The van der Waals surface area contributed by atoms with E-state index in [1.54, 1.807) is 0 Å². The highest BCUT2D eigenvalue weighted by molar-refractivity contribution is 6.04. The topological polar surface area (TPSA) is 127 Å². The van der Waals surface area contributed by atoms with Crippen LogP contribution < -0.4 is 19.6 Å². The van der Waals surface area contributed by atoms with Crippen molar-refractivity contribution in [3.8, 4) is 50.9 Å². The number of hydrogen-bond acceptors (Lipinski definition) is 10. The number of ether oxygens (including phenoxy) is 3. The zero-order chi connectivity index (χ0) is 108. The van der Waals surface area contributed by atoms with Gasteiger partial charge >= 0.3 is 0 Å². The van der Waals surface area contributed by atoms with E-state index in [0.29, 0.717) is 17.2 Å². The summed E-state index contributed by atoms with van der Waals surface area (Å²) in [7, 11) is 0. The van der Waals surface area contributed by atoms with Crippen LogP contribution in [0.1, 0.15) is 322 Å². The van der Waals surface area contributed by atoms with E-state index in [1.165, 1.54) is 239 Å². The summed E-state index contributed by atoms with van der Waals surface area (Å²) >= 11 is 0. The first-order valence-corrected chi connectivity index (χ1v) is 52.7. The first-order chi connectivity index (χ1) is 68.2. The molecule has 0 radical (unpaired) electrons. The molecule has 764 valence electrons. The molecular weight excluding hydrogens is 1790 g/mol. The summed E-state index contributed by atoms with van der Waals surface area (Å²) in [4.78, 5) is 46.6. The number of fused-ring (bicyclic) bond motifs is 6. The Labute approximate surface area is 875 Å². The van der Waals surface area contributed by atoms with Gasteiger partial charge in [-0.15, -0.1) is 0 Å². The van der Waals surface area contributed by atoms with E-state index in [4.69, 9.17) is 38.6 Å². The molecule has 0 bridgehead atoms. The first kappa shape index (κ1) is 111. The van der Waals surface area contributed by atoms with Crippen molar-refractivity contribution in [2.24, 2.45) is 11.8 Å². The van der Waals surface area contributed by atoms with Gasteiger partial charge in [0.05, 0.1) is 67.3 Å². The summed E-state index contributed by atoms with van der Waals surface area (Å²) in [6, 6.07) is 26.7. The fraction of sp³-hybridized carbons (Fsp3) is 0.397. The number of Topliss-reactive ketones (excluding diaryl/α,β-unsaturated/α-hetero) is 1. The second-order valence-electron chi connectivity index (χ2n) is 44.3. The summed E-state index contributed by atoms with van der Waals surface area (Å²) in [6.45, 7) is 103. The molecule has 3 aliphatic rings. The standard InChI is InChI=1S/C23H28O2.C23H26O2.C23H28O.C23H30O.2C22H26N2/c1-11-9-19(10-12(2)13(11)3)22-18(8)21(24)20-16(6)14(4)15(5)17(7)23(20)25-22;1-11-9-19(10-12(2)13(11)3)21-18(8)25-23-17(7)15(5)14(4)16(6)20(23)22(21)24;1-12-9-20(10-13(2)14(12)3)22-11-21-17(6)15(4)16(5)18(7)23(21)24-19(22)8;1-12-9-20(10-13(2)15(12)4)22-14(3)11-21-18(7)16(5)17(6)19(8)23(21)24-22;2*1-11-9-19(10-12(2)13(11)3)22-18(8)23-20-16(6)14(4)15(5)17(7)21(20)24-22/h9-10,18,22H,1-8H3;9-10H,1-8H3;9-10H,11H2,1-8H3;9-10,14,22H,11H2,1-8H3;2*9-10H,1-8H3. The third-order valence-corrected chi connectivity index (χ3v) is 35.9. The van der Waals surface area contributed by atoms with Crippen LogP contribution in [0.3, 0.4) is 0 Å². The molecule has 4 atom stereocenters. The van der Waals surface area contributed by atoms with Crippen molar-refractivity contribution < 1.29 is 23.4 Å². The average molecular weight is 1950 g/mol. The molecule has 3 aliphatic heterocycles. The minimum Gasteiger partial charge on any atom is -0.485 e. The van der Waals surface area contributed by atoms with E-state index in [1.807, 2.05) is 34.6 Å². The molecule has 0 amide bonds. The molecule has 146 heavy (non-hydrogen) atoms. The van der Waals surface area contributed by atoms with Gasteiger partial charge in [-0.1, -0.05) is 62.4 Å². The number of allylic oxidation sites excluding steroid dienone is 2. The summed E-state index contributed by atoms with van der Waals surface area (Å²) in [5.41, 5.74) is 75.2. The highest BCUT2D eigenvalue weighted by Crippen LogP contribution is 2.49. The molecule has 4 unspecified atom stereocenters. The fourth-order valence-electron chi connectivity index (χ4n) is 22.2. The molecule has 18 rings (SSSR count). The number of hydrogen-bond donors (Lipinski definition) is 0. The van der Waals surface area contributed by atoms with Crippen LogP contribution in [0.4, 0.5) is 0 Å². The highest BCUT2D eigenvalue weighted by atomic mass is 16.5. The van der Waals surface area contributed by atoms with Crippen molar-refractivity contribution in [3.05, 3.63) is 373 Å². The number of carbonyl (C=O) groups is 1. The molecule has 6 heterocycles. The van der Waals surface area contributed by atoms with Crippen molar-refractivity contribution in [1.29, 1.82) is 0 Å². The normalized spacial score (nSPS) is 14.6. The molecule has 10 nitrogen and oxygen atoms in total. The predicted molar refractivity (Wildman–Crippen MR) is 620 cm³/mol. The van der Waals surface area contributed by atoms with Crippen LogP contribution in [0.2, 0.25) is 0 Å². The number of rotatable bonds is 6. The highest BCUT2D eigenvalue weighted by Gasteiger charge is 2.40. The van der Waals surface area contributed by atoms with Crippen LogP contribution >= 0.6 is 0 Å². The maximum Gasteiger partial charge on any atom is 0.201 e. The van der Waals surface area contributed by atoms with Crippen molar-refractivity contribution in [2.75, 3.05) is 0 Å². The van der Waals surface area contributed by atoms with E-state index in [-0.39, 0.29) is 29.3 Å². The Kier molecular flexibility index (Phi) is 32.3. The number of ketones is 1. The van der Waals surface area contributed by atoms with Crippen LogP contribution in [-0.4, -0.2) is 25.7 Å². The Morgan fingerprint density at radius 1 is 0.260 bits per heavy atom. The van der Waals surface area contributed by atoms with E-state index < -0.39 is 0 Å². The Hall–Kier alpha value is -12.7. The molecule has 0 spiro atoms. The van der Waals surface area contributed by atoms with E-state index in [0.717, 1.165) is 142 Å². The van der Waals surface area contributed by atoms with Crippen molar-refractivity contribution in [1.82, 2.24) is 19.9 Å². The van der Waals surface area contributed by atoms with Gasteiger partial charge in [0.2, 0.25) is 5.43 Å². The lowest BCUT2D eigenvalue weighted by Crippen LogP contribution is -2.31. The van der Waals surface area contributed by atoms with Gasteiger partial charge in [-0.3, -0.25) is 9.59 Å². The maximum atomic E-state index is 13.4. The molecule has 0 saturated heterocycles. The fourth-order valence-corrected chi connectivity index (χ4v) is 22.2. The molecule has 0 N–H and O–H groups in total. The molecule has 0 aliphatic carbocycles. The van der Waals surface area contributed by atoms with Crippen LogP contribution in [0.15, 0.2) is 87.8 Å². The quantitative estimate of drug-likeness (QED) is 0.159. The first-order valence-electron chi connectivity index (χ1n) is 52.7. The zero-order valence-corrected chi connectivity index (χ0v) is 97.9. The predicted octanol–water partition coefficient (Wildman–Crippen LogP) is 35.6. The summed E-state index contributed by atoms with van der Waals surface area (Å²) in [6.07, 6.45) is 1.98. The second-order valence-corrected chi connectivity index (χ2v) is 44.3. The van der Waals surface area contributed by atoms with Crippen molar-refractivity contribution >= 4 is 44.4 Å². The van der Waals surface area contributed by atoms with Crippen LogP contribution in [-0.2, 0) is 12.8 Å². The maximum absolute atomic E-state index is 13.4. The molecular formula is C136H164N4O6. The summed E-state index contributed by atoms with van der Waals surface area (Å²) < 4.78 is 25.6. The average Bonchev–Trinajstić information content (AvgIpc) is 0.750. The van der Waals surface area contributed by atoms with Gasteiger partial charge in [0, 0.05) is 34.6 Å². The molecule has 12 aromatic carbocycles. The molecule has 0 fully saturated rings. The van der Waals surface area contributed by atoms with Gasteiger partial charge in [-0.25, -0.2) is 19.9 Å². The number of aromatic nitrogens is 4. The molecule has 10 heteroatoms. The smallest absolute Gasteiger partial charge is 0.201 e. The van der Waals surface area contributed by atoms with Gasteiger partial charge in [0.15, 0.2) is 5.78 Å². The van der Waals surface area contributed by atoms with Crippen LogP contribution in [0.25, 0.3) is 72.3 Å². The minimum absolute atomic E-state index is 0.0742. The van der Waals surface area contributed by atoms with Crippen LogP contribution in [0.5, 0.6) is 17.2 Å². The SMILES string of the molecule is CC1=C(c2cc(C)c(C)c(C)c2)Cc2c(C)c(C)c(C)c(C)c2O1.Cc1cc(-c2c(C)oc3c(C)c(C)c(C)c(C)c3c2=O)cc(C)c1C.Cc1cc(-c2nc3c(C)c(C)c(C)c(C)c3nc2C)cc(C)c1C.Cc1cc(-c2nc3c(C)c(C)c(C)c(C)c3nc2C)cc(C)c1C.Cc1cc(C2Oc3c(C)c(C)c(C)c(C)c3C(=O)C2C)cc(C)c1C.Cc1cc(C2Oc3c(C)c(C)c(C)c(C)c3CC2C)cc(C)c1C. The van der Waals surface area contributed by atoms with Crippen molar-refractivity contribution in [2.45, 2.75) is 357 Å². The lowest BCUT2D eigenvalue weighted by Gasteiger charge is -2.35. The number of nitrogens with zero attached hydrogens (tertiary/aromatic N) is 4. The third-order valence-electron chi connectivity index (χ3n) is 35.9. The van der Waals surface area contributed by atoms with Gasteiger partial charge in [0.1, 0.15) is 46.6 Å². The van der Waals surface area contributed by atoms with Gasteiger partial charge in [-0.05, 0) is 611 Å². The minimum atomic E-state index is -0.224. The number of carbonyl (C=O) groups excluding carboxylic acids is 1. The lowest BCUT2D eigenvalue weighted by atomic mass is 9.81. The monoisotopic (exact) mass is 1950 g/mol. The third kappa shape index (κ3) is 20.3. The molecule has 0 saturated carbocycles. The van der Waals surface area contributed by atoms with Gasteiger partial charge in [0.25, 0.3) is 0 Å². The van der Waals surface area contributed by atoms with Gasteiger partial charge in [-0.2, -0.15) is 0 Å². The summed E-state index contributed by atoms with van der Waals surface area (Å²) in [5, 5.41) is 0.720. The Morgan fingerprint density at radius 2 is 0.555 bits per heavy atom. The summed E-state index contributed by atoms with van der Waals surface area (Å²) in [5.74, 6) is 5.22. The second kappa shape index (κ2) is 42.7. The zero-order valence-electron chi connectivity index (χ0n) is 97.9. The van der Waals surface area contributed by atoms with E-state index in [2.05, 4.69) is 371 Å². The largest absolute Gasteiger partial charge is 0.485 e. The van der Waals surface area contributed by atoms with Crippen molar-refractivity contribution in [3.63, 3.8) is 0 Å². The van der Waals surface area contributed by atoms with Crippen LogP contribution in [0, 0.1) is 323 Å². The number of benzene rings is 12. The Morgan fingerprint density at radius 3 is 0.945 bits per heavy atom. The molecule has 3 aromatic heterocycles. The Bertz CT molecular complexity index is 7760. The molecule has 15 aromatic rings. The Balaban J connectivity index is 0.000000147. The lowest BCUT2D eigenvalue weighted by molar-refractivity contribution is 0.0685. The van der Waals surface area contributed by atoms with E-state index >= 15 is 0 Å². The van der Waals surface area contributed by atoms with E-state index in [9.17, 15) is 9.59 Å².